The number of nitrogens with zero attached hydrogens (tertiary/aromatic N) is 5. The van der Waals surface area contributed by atoms with Crippen LogP contribution in [-0.2, 0) is 11.3 Å². The van der Waals surface area contributed by atoms with E-state index in [1.54, 1.807) is 12.4 Å². The van der Waals surface area contributed by atoms with Gasteiger partial charge in [0.2, 0.25) is 5.91 Å². The van der Waals surface area contributed by atoms with E-state index in [0.717, 1.165) is 0 Å². The van der Waals surface area contributed by atoms with Gasteiger partial charge in [-0.2, -0.15) is 0 Å². The van der Waals surface area contributed by atoms with E-state index in [0.29, 0.717) is 5.82 Å². The van der Waals surface area contributed by atoms with Crippen LogP contribution in [0.5, 0.6) is 0 Å². The van der Waals surface area contributed by atoms with Crippen LogP contribution in [0, 0.1) is 0 Å². The summed E-state index contributed by atoms with van der Waals surface area (Å²) in [6, 6.07) is -0.168. The molecule has 0 bridgehead atoms. The Morgan fingerprint density at radius 1 is 1.69 bits per heavy atom. The molecule has 16 heavy (non-hydrogen) atoms. The van der Waals surface area contributed by atoms with E-state index in [4.69, 9.17) is 0 Å². The van der Waals surface area contributed by atoms with E-state index in [-0.39, 0.29) is 18.5 Å². The summed E-state index contributed by atoms with van der Waals surface area (Å²) >= 11 is 0. The molecule has 0 aliphatic carbocycles. The quantitative estimate of drug-likeness (QED) is 0.709. The van der Waals surface area contributed by atoms with Crippen molar-refractivity contribution in [1.82, 2.24) is 35.5 Å². The topological polar surface area (TPSA) is 101 Å². The number of aromatic nitrogens is 6. The van der Waals surface area contributed by atoms with Gasteiger partial charge in [0.15, 0.2) is 0 Å². The van der Waals surface area contributed by atoms with Crippen molar-refractivity contribution in [1.29, 1.82) is 0 Å². The molecule has 0 saturated heterocycles. The van der Waals surface area contributed by atoms with Gasteiger partial charge in [-0.15, -0.1) is 5.10 Å². The number of carbonyl (C=O) groups excluding carboxylic acids is 1. The molecule has 8 nitrogen and oxygen atoms in total. The predicted octanol–water partition coefficient (Wildman–Crippen LogP) is -0.726. The Morgan fingerprint density at radius 3 is 3.19 bits per heavy atom. The second kappa shape index (κ2) is 4.51. The number of hydrogen-bond donors (Lipinski definition) is 2. The van der Waals surface area contributed by atoms with Gasteiger partial charge in [-0.25, -0.2) is 9.67 Å². The fraction of sp³-hybridized carbons (Fsp3) is 0.375. The van der Waals surface area contributed by atoms with E-state index >= 15 is 0 Å². The van der Waals surface area contributed by atoms with Gasteiger partial charge in [0.1, 0.15) is 18.7 Å². The molecule has 2 aromatic heterocycles. The molecule has 0 spiro atoms. The Hall–Kier alpha value is -2.25. The molecular weight excluding hydrogens is 210 g/mol. The lowest BCUT2D eigenvalue weighted by molar-refractivity contribution is -0.122. The van der Waals surface area contributed by atoms with Crippen LogP contribution in [0.2, 0.25) is 0 Å². The number of nitrogens with one attached hydrogen (secondary N) is 2. The van der Waals surface area contributed by atoms with Gasteiger partial charge in [0.25, 0.3) is 0 Å². The third-order valence-corrected chi connectivity index (χ3v) is 2.00. The van der Waals surface area contributed by atoms with Crippen molar-refractivity contribution in [2.75, 3.05) is 0 Å². The third kappa shape index (κ3) is 2.41. The number of tetrazole rings is 1. The van der Waals surface area contributed by atoms with Crippen LogP contribution in [0.1, 0.15) is 18.8 Å². The second-order valence-corrected chi connectivity index (χ2v) is 3.27. The van der Waals surface area contributed by atoms with E-state index in [1.807, 2.05) is 6.92 Å². The van der Waals surface area contributed by atoms with Gasteiger partial charge >= 0.3 is 0 Å². The molecule has 0 saturated carbocycles. The lowest BCUT2D eigenvalue weighted by Gasteiger charge is -2.10. The summed E-state index contributed by atoms with van der Waals surface area (Å²) in [5, 5.41) is 13.2. The van der Waals surface area contributed by atoms with Crippen LogP contribution >= 0.6 is 0 Å². The molecule has 1 atom stereocenters. The van der Waals surface area contributed by atoms with Crippen LogP contribution < -0.4 is 5.32 Å². The summed E-state index contributed by atoms with van der Waals surface area (Å²) in [6.45, 7) is 1.94. The molecule has 2 aromatic rings. The highest BCUT2D eigenvalue weighted by molar-refractivity contribution is 5.75. The first-order chi connectivity index (χ1) is 7.75. The van der Waals surface area contributed by atoms with E-state index < -0.39 is 0 Å². The van der Waals surface area contributed by atoms with Crippen molar-refractivity contribution < 1.29 is 4.79 Å². The molecule has 0 radical (unpaired) electrons. The molecule has 2 heterocycles. The Balaban J connectivity index is 1.88. The minimum Gasteiger partial charge on any atom is -0.347 e. The zero-order valence-corrected chi connectivity index (χ0v) is 8.66. The Kier molecular flexibility index (Phi) is 2.90. The van der Waals surface area contributed by atoms with E-state index in [1.165, 1.54) is 11.0 Å². The van der Waals surface area contributed by atoms with Crippen LogP contribution in [0.15, 0.2) is 18.7 Å². The summed E-state index contributed by atoms with van der Waals surface area (Å²) in [4.78, 5) is 18.5. The summed E-state index contributed by atoms with van der Waals surface area (Å²) in [5.74, 6) is 0.543. The minimum absolute atomic E-state index is 0.0953. The molecule has 1 unspecified atom stereocenters. The number of H-pyrrole nitrogens is 1. The molecule has 0 fully saturated rings. The molecule has 2 N–H and O–H groups in total. The first-order valence-electron chi connectivity index (χ1n) is 4.75. The van der Waals surface area contributed by atoms with E-state index in [2.05, 4.69) is 30.8 Å². The van der Waals surface area contributed by atoms with Gasteiger partial charge in [0, 0.05) is 12.4 Å². The van der Waals surface area contributed by atoms with E-state index in [9.17, 15) is 4.79 Å². The van der Waals surface area contributed by atoms with Gasteiger partial charge in [-0.3, -0.25) is 4.79 Å². The molecule has 2 rings (SSSR count). The van der Waals surface area contributed by atoms with Gasteiger partial charge in [-0.05, 0) is 17.4 Å². The van der Waals surface area contributed by atoms with Crippen LogP contribution in [0.4, 0.5) is 0 Å². The molecule has 0 aliphatic rings. The summed E-state index contributed by atoms with van der Waals surface area (Å²) < 4.78 is 1.35. The van der Waals surface area contributed by atoms with Crippen molar-refractivity contribution in [2.24, 2.45) is 0 Å². The SMILES string of the molecule is CC(NC(=O)Cn1cnnn1)c1ncc[nH]1. The lowest BCUT2D eigenvalue weighted by atomic mass is 10.3. The number of aromatic amines is 1. The number of hydrogen-bond acceptors (Lipinski definition) is 5. The van der Waals surface area contributed by atoms with Gasteiger partial charge < -0.3 is 10.3 Å². The van der Waals surface area contributed by atoms with Gasteiger partial charge in [-0.1, -0.05) is 0 Å². The minimum atomic E-state index is -0.170. The Bertz CT molecular complexity index is 435. The lowest BCUT2D eigenvalue weighted by Crippen LogP contribution is -2.30. The second-order valence-electron chi connectivity index (χ2n) is 3.27. The number of amides is 1. The zero-order valence-electron chi connectivity index (χ0n) is 8.66. The predicted molar refractivity (Wildman–Crippen MR) is 53.0 cm³/mol. The van der Waals surface area contributed by atoms with Crippen LogP contribution in [0.25, 0.3) is 0 Å². The Labute approximate surface area is 91.1 Å². The third-order valence-electron chi connectivity index (χ3n) is 2.00. The average molecular weight is 221 g/mol. The summed E-state index contributed by atoms with van der Waals surface area (Å²) in [7, 11) is 0. The maximum atomic E-state index is 11.5. The maximum Gasteiger partial charge on any atom is 0.242 e. The molecule has 0 aliphatic heterocycles. The van der Waals surface area contributed by atoms with Gasteiger partial charge in [0.05, 0.1) is 6.04 Å². The largest absolute Gasteiger partial charge is 0.347 e. The maximum absolute atomic E-state index is 11.5. The first-order valence-corrected chi connectivity index (χ1v) is 4.75. The van der Waals surface area contributed by atoms with Crippen molar-refractivity contribution in [3.8, 4) is 0 Å². The number of carbonyl (C=O) groups is 1. The normalized spacial score (nSPS) is 12.3. The fourth-order valence-corrected chi connectivity index (χ4v) is 1.27. The summed E-state index contributed by atoms with van der Waals surface area (Å²) in [6.07, 6.45) is 4.73. The molecule has 0 aromatic carbocycles. The van der Waals surface area contributed by atoms with Crippen LogP contribution in [0.3, 0.4) is 0 Å². The van der Waals surface area contributed by atoms with Crippen molar-refractivity contribution in [3.63, 3.8) is 0 Å². The van der Waals surface area contributed by atoms with Crippen molar-refractivity contribution in [2.45, 2.75) is 19.5 Å². The molecule has 84 valence electrons. The smallest absolute Gasteiger partial charge is 0.242 e. The zero-order chi connectivity index (χ0) is 11.4. The first kappa shape index (κ1) is 10.3. The Morgan fingerprint density at radius 2 is 2.56 bits per heavy atom. The standard InChI is InChI=1S/C8H11N7O/c1-6(8-9-2-3-10-8)12-7(16)4-15-5-11-13-14-15/h2-3,5-6H,4H2,1H3,(H,9,10)(H,12,16). The average Bonchev–Trinajstić information content (AvgIpc) is 2.88. The highest BCUT2D eigenvalue weighted by Gasteiger charge is 2.11. The van der Waals surface area contributed by atoms with Crippen molar-refractivity contribution >= 4 is 5.91 Å². The highest BCUT2D eigenvalue weighted by atomic mass is 16.2. The molecule has 8 heteroatoms. The summed E-state index contributed by atoms with van der Waals surface area (Å²) in [5.41, 5.74) is 0. The van der Waals surface area contributed by atoms with Crippen molar-refractivity contribution in [3.05, 3.63) is 24.5 Å². The van der Waals surface area contributed by atoms with Crippen LogP contribution in [-0.4, -0.2) is 36.1 Å². The fourth-order valence-electron chi connectivity index (χ4n) is 1.27. The number of rotatable bonds is 4. The monoisotopic (exact) mass is 221 g/mol. The molecule has 1 amide bonds. The highest BCUT2D eigenvalue weighted by Crippen LogP contribution is 2.04. The number of imidazole rings is 1. The molecular formula is C8H11N7O.